The number of rotatable bonds is 1. The zero-order chi connectivity index (χ0) is 5.98. The largest absolute Gasteiger partial charge is 0.329 e. The Labute approximate surface area is 49.6 Å². The van der Waals surface area contributed by atoms with Gasteiger partial charge in [0, 0.05) is 25.3 Å². The number of nitrogens with one attached hydrogen (secondary N) is 2. The van der Waals surface area contributed by atoms with Crippen molar-refractivity contribution >= 4 is 0 Å². The van der Waals surface area contributed by atoms with Crippen LogP contribution < -0.4 is 16.4 Å². The van der Waals surface area contributed by atoms with E-state index in [0.717, 1.165) is 13.2 Å². The fraction of sp³-hybridized carbons (Fsp3) is 1.00. The van der Waals surface area contributed by atoms with Gasteiger partial charge in [-0.15, -0.1) is 0 Å². The van der Waals surface area contributed by atoms with E-state index in [-0.39, 0.29) is 0 Å². The molecule has 1 rings (SSSR count). The van der Waals surface area contributed by atoms with Crippen molar-refractivity contribution in [2.45, 2.75) is 19.0 Å². The van der Waals surface area contributed by atoms with Crippen molar-refractivity contribution < 1.29 is 0 Å². The Bertz CT molecular complexity index is 74.1. The normalized spacial score (nSPS) is 38.2. The summed E-state index contributed by atoms with van der Waals surface area (Å²) < 4.78 is 0. The summed E-state index contributed by atoms with van der Waals surface area (Å²) in [5.41, 5.74) is 5.42. The minimum Gasteiger partial charge on any atom is -0.329 e. The molecule has 1 fully saturated rings. The molecule has 1 heterocycles. The summed E-state index contributed by atoms with van der Waals surface area (Å²) in [7, 11) is 0. The number of hydrogen-bond acceptors (Lipinski definition) is 3. The second kappa shape index (κ2) is 2.44. The van der Waals surface area contributed by atoms with Crippen molar-refractivity contribution in [3.8, 4) is 0 Å². The van der Waals surface area contributed by atoms with Crippen LogP contribution >= 0.6 is 0 Å². The van der Waals surface area contributed by atoms with Gasteiger partial charge in [-0.3, -0.25) is 5.32 Å². The van der Waals surface area contributed by atoms with Crippen molar-refractivity contribution in [3.63, 3.8) is 0 Å². The van der Waals surface area contributed by atoms with Gasteiger partial charge in [-0.05, 0) is 6.92 Å². The Balaban J connectivity index is 2.30. The van der Waals surface area contributed by atoms with Crippen LogP contribution in [-0.4, -0.2) is 25.3 Å². The molecule has 3 heteroatoms. The summed E-state index contributed by atoms with van der Waals surface area (Å²) in [4.78, 5) is 0. The zero-order valence-corrected chi connectivity index (χ0v) is 5.15. The molecule has 0 saturated carbocycles. The van der Waals surface area contributed by atoms with E-state index < -0.39 is 0 Å². The van der Waals surface area contributed by atoms with Crippen LogP contribution in [0, 0.1) is 0 Å². The molecule has 1 saturated heterocycles. The smallest absolute Gasteiger partial charge is 0.0459 e. The molecule has 3 nitrogen and oxygen atoms in total. The van der Waals surface area contributed by atoms with E-state index in [2.05, 4.69) is 17.6 Å². The lowest BCUT2D eigenvalue weighted by molar-refractivity contribution is 0.550. The molecule has 0 aromatic rings. The summed E-state index contributed by atoms with van der Waals surface area (Å²) in [5.74, 6) is 0. The highest BCUT2D eigenvalue weighted by atomic mass is 15.2. The minimum atomic E-state index is 0.481. The summed E-state index contributed by atoms with van der Waals surface area (Å²) >= 11 is 0. The standard InChI is InChI=1S/C5H13N3/c1-4-5(2-6)8-3-7-4/h4-5,7-8H,2-3,6H2,1H3. The second-order valence-electron chi connectivity index (χ2n) is 2.22. The van der Waals surface area contributed by atoms with Crippen LogP contribution in [0.4, 0.5) is 0 Å². The predicted octanol–water partition coefficient (Wildman–Crippen LogP) is -1.15. The van der Waals surface area contributed by atoms with E-state index in [9.17, 15) is 0 Å². The molecule has 0 aromatic heterocycles. The molecule has 0 aliphatic carbocycles. The summed E-state index contributed by atoms with van der Waals surface area (Å²) in [5, 5.41) is 6.45. The first-order chi connectivity index (χ1) is 3.84. The van der Waals surface area contributed by atoms with Crippen LogP contribution in [0.25, 0.3) is 0 Å². The molecule has 0 radical (unpaired) electrons. The molecular weight excluding hydrogens is 102 g/mol. The average Bonchev–Trinajstić information content (AvgIpc) is 2.14. The van der Waals surface area contributed by atoms with Crippen LogP contribution in [0.2, 0.25) is 0 Å². The predicted molar refractivity (Wildman–Crippen MR) is 33.4 cm³/mol. The van der Waals surface area contributed by atoms with Crippen LogP contribution in [0.1, 0.15) is 6.92 Å². The molecule has 8 heavy (non-hydrogen) atoms. The lowest BCUT2D eigenvalue weighted by Gasteiger charge is -2.10. The van der Waals surface area contributed by atoms with E-state index in [1.54, 1.807) is 0 Å². The lowest BCUT2D eigenvalue weighted by Crippen LogP contribution is -2.37. The minimum absolute atomic E-state index is 0.481. The maximum absolute atomic E-state index is 5.42. The van der Waals surface area contributed by atoms with Gasteiger partial charge >= 0.3 is 0 Å². The van der Waals surface area contributed by atoms with Crippen LogP contribution in [0.3, 0.4) is 0 Å². The Morgan fingerprint density at radius 3 is 2.62 bits per heavy atom. The highest BCUT2D eigenvalue weighted by molar-refractivity contribution is 4.84. The molecule has 2 atom stereocenters. The third-order valence-corrected chi connectivity index (χ3v) is 1.65. The van der Waals surface area contributed by atoms with E-state index in [1.165, 1.54) is 0 Å². The van der Waals surface area contributed by atoms with Gasteiger partial charge in [-0.1, -0.05) is 0 Å². The maximum Gasteiger partial charge on any atom is 0.0459 e. The quantitative estimate of drug-likeness (QED) is 0.404. The molecule has 4 N–H and O–H groups in total. The fourth-order valence-electron chi connectivity index (χ4n) is 0.958. The fourth-order valence-corrected chi connectivity index (χ4v) is 0.958. The number of hydrogen-bond donors (Lipinski definition) is 3. The molecular formula is C5H13N3. The molecule has 0 spiro atoms. The van der Waals surface area contributed by atoms with Gasteiger partial charge in [-0.2, -0.15) is 0 Å². The second-order valence-corrected chi connectivity index (χ2v) is 2.22. The van der Waals surface area contributed by atoms with Gasteiger partial charge in [0.2, 0.25) is 0 Å². The average molecular weight is 115 g/mol. The third-order valence-electron chi connectivity index (χ3n) is 1.65. The highest BCUT2D eigenvalue weighted by Gasteiger charge is 2.19. The number of nitrogens with two attached hydrogens (primary N) is 1. The van der Waals surface area contributed by atoms with Crippen molar-refractivity contribution in [3.05, 3.63) is 0 Å². The van der Waals surface area contributed by atoms with Crippen LogP contribution in [-0.2, 0) is 0 Å². The van der Waals surface area contributed by atoms with Crippen molar-refractivity contribution in [1.29, 1.82) is 0 Å². The Morgan fingerprint density at radius 1 is 1.62 bits per heavy atom. The first kappa shape index (κ1) is 6.01. The summed E-state index contributed by atoms with van der Waals surface area (Å²) in [6.07, 6.45) is 0. The van der Waals surface area contributed by atoms with E-state index >= 15 is 0 Å². The van der Waals surface area contributed by atoms with E-state index in [0.29, 0.717) is 12.1 Å². The zero-order valence-electron chi connectivity index (χ0n) is 5.15. The van der Waals surface area contributed by atoms with E-state index in [1.807, 2.05) is 0 Å². The van der Waals surface area contributed by atoms with Gasteiger partial charge in [0.1, 0.15) is 0 Å². The Kier molecular flexibility index (Phi) is 1.83. The van der Waals surface area contributed by atoms with Gasteiger partial charge in [0.15, 0.2) is 0 Å². The van der Waals surface area contributed by atoms with Gasteiger partial charge < -0.3 is 11.1 Å². The first-order valence-corrected chi connectivity index (χ1v) is 3.01. The topological polar surface area (TPSA) is 50.1 Å². The van der Waals surface area contributed by atoms with Gasteiger partial charge in [0.25, 0.3) is 0 Å². The molecule has 0 bridgehead atoms. The molecule has 0 aromatic carbocycles. The van der Waals surface area contributed by atoms with Crippen molar-refractivity contribution in [2.24, 2.45) is 5.73 Å². The molecule has 0 amide bonds. The Morgan fingerprint density at radius 2 is 2.38 bits per heavy atom. The first-order valence-electron chi connectivity index (χ1n) is 3.01. The summed E-state index contributed by atoms with van der Waals surface area (Å²) in [6.45, 7) is 3.77. The van der Waals surface area contributed by atoms with Gasteiger partial charge in [-0.25, -0.2) is 0 Å². The van der Waals surface area contributed by atoms with Gasteiger partial charge in [0.05, 0.1) is 0 Å². The third kappa shape index (κ3) is 0.992. The maximum atomic E-state index is 5.42. The van der Waals surface area contributed by atoms with Crippen molar-refractivity contribution in [1.82, 2.24) is 10.6 Å². The molecule has 2 unspecified atom stereocenters. The monoisotopic (exact) mass is 115 g/mol. The molecule has 48 valence electrons. The van der Waals surface area contributed by atoms with Crippen LogP contribution in [0.15, 0.2) is 0 Å². The summed E-state index contributed by atoms with van der Waals surface area (Å²) in [6, 6.07) is 1.02. The van der Waals surface area contributed by atoms with Crippen LogP contribution in [0.5, 0.6) is 0 Å². The molecule has 1 aliphatic heterocycles. The SMILES string of the molecule is CC1NCNC1CN. The van der Waals surface area contributed by atoms with Crippen molar-refractivity contribution in [2.75, 3.05) is 13.2 Å². The lowest BCUT2D eigenvalue weighted by atomic mass is 10.2. The molecule has 1 aliphatic rings. The highest BCUT2D eigenvalue weighted by Crippen LogP contribution is 1.94. The Hall–Kier alpha value is -0.120. The van der Waals surface area contributed by atoms with E-state index in [4.69, 9.17) is 5.73 Å².